The molecule has 0 amide bonds. The van der Waals surface area contributed by atoms with Crippen molar-refractivity contribution in [3.8, 4) is 5.75 Å². The van der Waals surface area contributed by atoms with Crippen LogP contribution in [0.5, 0.6) is 5.75 Å². The van der Waals surface area contributed by atoms with E-state index in [4.69, 9.17) is 4.74 Å². The third-order valence-electron chi connectivity index (χ3n) is 5.54. The first kappa shape index (κ1) is 19.6. The molecule has 2 heterocycles. The van der Waals surface area contributed by atoms with E-state index < -0.39 is 11.6 Å². The van der Waals surface area contributed by atoms with Gasteiger partial charge < -0.3 is 9.84 Å². The number of para-hydroxylation sites is 1. The molecule has 1 N–H and O–H groups in total. The van der Waals surface area contributed by atoms with Gasteiger partial charge in [-0.1, -0.05) is 32.0 Å². The van der Waals surface area contributed by atoms with Crippen LogP contribution >= 0.6 is 11.8 Å². The summed E-state index contributed by atoms with van der Waals surface area (Å²) >= 11 is 1.81. The van der Waals surface area contributed by atoms with Crippen molar-refractivity contribution in [3.63, 3.8) is 0 Å². The molecule has 144 valence electrons. The molecule has 0 aliphatic carbocycles. The Hall–Kier alpha value is -1.20. The van der Waals surface area contributed by atoms with Gasteiger partial charge in [-0.25, -0.2) is 4.79 Å². The number of aliphatic carboxylic acids is 1. The zero-order valence-corrected chi connectivity index (χ0v) is 16.8. The normalized spacial score (nSPS) is 23.3. The molecule has 1 aromatic carbocycles. The maximum Gasteiger partial charge on any atom is 0.348 e. The molecule has 5 heteroatoms. The third kappa shape index (κ3) is 4.74. The van der Waals surface area contributed by atoms with E-state index in [2.05, 4.69) is 24.8 Å². The molecule has 26 heavy (non-hydrogen) atoms. The third-order valence-corrected chi connectivity index (χ3v) is 6.52. The summed E-state index contributed by atoms with van der Waals surface area (Å²) in [5, 5.41) is 9.80. The Kier molecular flexibility index (Phi) is 6.51. The summed E-state index contributed by atoms with van der Waals surface area (Å²) in [5.74, 6) is 3.13. The molecule has 0 saturated carbocycles. The lowest BCUT2D eigenvalue weighted by Crippen LogP contribution is -2.47. The Morgan fingerprint density at radius 3 is 2.77 bits per heavy atom. The topological polar surface area (TPSA) is 49.8 Å². The maximum atomic E-state index is 11.9. The van der Waals surface area contributed by atoms with Gasteiger partial charge in [-0.3, -0.25) is 4.90 Å². The quantitative estimate of drug-likeness (QED) is 0.768. The second-order valence-electron chi connectivity index (χ2n) is 8.14. The summed E-state index contributed by atoms with van der Waals surface area (Å²) in [6, 6.07) is 7.98. The summed E-state index contributed by atoms with van der Waals surface area (Å²) in [6.07, 6.45) is 3.69. The molecule has 2 saturated heterocycles. The molecule has 3 rings (SSSR count). The van der Waals surface area contributed by atoms with Crippen LogP contribution in [0.1, 0.15) is 45.1 Å². The predicted octanol–water partition coefficient (Wildman–Crippen LogP) is 4.28. The van der Waals surface area contributed by atoms with Crippen molar-refractivity contribution in [3.05, 3.63) is 29.8 Å². The van der Waals surface area contributed by atoms with E-state index in [1.54, 1.807) is 0 Å². The highest BCUT2D eigenvalue weighted by Crippen LogP contribution is 2.35. The van der Waals surface area contributed by atoms with Gasteiger partial charge >= 0.3 is 5.97 Å². The highest BCUT2D eigenvalue weighted by Gasteiger charge is 2.43. The number of hydrogen-bond acceptors (Lipinski definition) is 4. The summed E-state index contributed by atoms with van der Waals surface area (Å²) < 4.78 is 6.20. The van der Waals surface area contributed by atoms with Crippen LogP contribution in [-0.4, -0.2) is 46.2 Å². The van der Waals surface area contributed by atoms with E-state index in [0.29, 0.717) is 12.8 Å². The molecule has 1 atom stereocenters. The van der Waals surface area contributed by atoms with Crippen LogP contribution in [0.25, 0.3) is 0 Å². The van der Waals surface area contributed by atoms with Crippen LogP contribution in [0.2, 0.25) is 0 Å². The molecule has 4 nitrogen and oxygen atoms in total. The number of carboxylic acid groups (broad SMARTS) is 1. The molecule has 0 aromatic heterocycles. The van der Waals surface area contributed by atoms with Gasteiger partial charge in [0.2, 0.25) is 5.60 Å². The van der Waals surface area contributed by atoms with Crippen LogP contribution in [-0.2, 0) is 11.3 Å². The van der Waals surface area contributed by atoms with Crippen molar-refractivity contribution in [2.45, 2.75) is 51.7 Å². The van der Waals surface area contributed by atoms with E-state index >= 15 is 0 Å². The van der Waals surface area contributed by atoms with Gasteiger partial charge in [0.1, 0.15) is 5.75 Å². The van der Waals surface area contributed by atoms with Crippen LogP contribution in [0.15, 0.2) is 24.3 Å². The monoisotopic (exact) mass is 377 g/mol. The van der Waals surface area contributed by atoms with Crippen molar-refractivity contribution in [2.75, 3.05) is 24.6 Å². The van der Waals surface area contributed by atoms with Crippen molar-refractivity contribution < 1.29 is 14.6 Å². The van der Waals surface area contributed by atoms with Gasteiger partial charge in [0.25, 0.3) is 0 Å². The van der Waals surface area contributed by atoms with Gasteiger partial charge in [-0.2, -0.15) is 11.8 Å². The minimum Gasteiger partial charge on any atom is -0.478 e. The lowest BCUT2D eigenvalue weighted by Gasteiger charge is -2.34. The number of ether oxygens (including phenoxy) is 1. The Morgan fingerprint density at radius 2 is 2.08 bits per heavy atom. The number of likely N-dealkylation sites (tertiary alicyclic amines) is 1. The standard InChI is InChI=1S/C21H31NO3S/c1-16(2)13-17-7-10-22(14-17)15-18-5-3-4-6-19(18)25-21(20(23)24)8-11-26-12-9-21/h3-6,16-17H,7-15H2,1-2H3,(H,23,24). The smallest absolute Gasteiger partial charge is 0.348 e. The number of benzene rings is 1. The molecule has 0 radical (unpaired) electrons. The Morgan fingerprint density at radius 1 is 1.35 bits per heavy atom. The first-order chi connectivity index (χ1) is 12.5. The number of nitrogens with zero attached hydrogens (tertiary/aromatic N) is 1. The van der Waals surface area contributed by atoms with Crippen molar-refractivity contribution in [2.24, 2.45) is 11.8 Å². The molecule has 1 unspecified atom stereocenters. The second-order valence-corrected chi connectivity index (χ2v) is 9.37. The van der Waals surface area contributed by atoms with Crippen molar-refractivity contribution >= 4 is 17.7 Å². The predicted molar refractivity (Wildman–Crippen MR) is 107 cm³/mol. The Balaban J connectivity index is 1.69. The molecular weight excluding hydrogens is 346 g/mol. The van der Waals surface area contributed by atoms with Crippen molar-refractivity contribution in [1.29, 1.82) is 0 Å². The fraction of sp³-hybridized carbons (Fsp3) is 0.667. The maximum absolute atomic E-state index is 11.9. The number of hydrogen-bond donors (Lipinski definition) is 1. The highest BCUT2D eigenvalue weighted by atomic mass is 32.2. The van der Waals surface area contributed by atoms with Gasteiger partial charge in [0.15, 0.2) is 0 Å². The van der Waals surface area contributed by atoms with Crippen LogP contribution in [0.4, 0.5) is 0 Å². The number of carboxylic acids is 1. The van der Waals surface area contributed by atoms with Gasteiger partial charge in [0, 0.05) is 31.5 Å². The largest absolute Gasteiger partial charge is 0.478 e. The highest BCUT2D eigenvalue weighted by molar-refractivity contribution is 7.99. The summed E-state index contributed by atoms with van der Waals surface area (Å²) in [5.41, 5.74) is 0.0450. The zero-order valence-electron chi connectivity index (χ0n) is 15.9. The fourth-order valence-electron chi connectivity index (χ4n) is 4.16. The summed E-state index contributed by atoms with van der Waals surface area (Å²) in [7, 11) is 0. The van der Waals surface area contributed by atoms with E-state index in [0.717, 1.165) is 54.3 Å². The summed E-state index contributed by atoms with van der Waals surface area (Å²) in [4.78, 5) is 14.4. The SMILES string of the molecule is CC(C)CC1CCN(Cc2ccccc2OC2(C(=O)O)CCSCC2)C1. The molecule has 1 aromatic rings. The first-order valence-electron chi connectivity index (χ1n) is 9.79. The number of thioether (sulfide) groups is 1. The Bertz CT molecular complexity index is 613. The van der Waals surface area contributed by atoms with Gasteiger partial charge in [-0.05, 0) is 48.8 Å². The van der Waals surface area contributed by atoms with Gasteiger partial charge in [-0.15, -0.1) is 0 Å². The van der Waals surface area contributed by atoms with Crippen LogP contribution in [0.3, 0.4) is 0 Å². The molecule has 0 bridgehead atoms. The summed E-state index contributed by atoms with van der Waals surface area (Å²) in [6.45, 7) is 7.67. The van der Waals surface area contributed by atoms with Crippen molar-refractivity contribution in [1.82, 2.24) is 4.90 Å². The second kappa shape index (κ2) is 8.66. The molecule has 2 fully saturated rings. The Labute approximate surface area is 161 Å². The molecule has 2 aliphatic rings. The lowest BCUT2D eigenvalue weighted by atomic mass is 9.96. The fourth-order valence-corrected chi connectivity index (χ4v) is 5.31. The van der Waals surface area contributed by atoms with Crippen LogP contribution in [0, 0.1) is 11.8 Å². The van der Waals surface area contributed by atoms with E-state index in [1.807, 2.05) is 30.0 Å². The van der Waals surface area contributed by atoms with E-state index in [-0.39, 0.29) is 0 Å². The van der Waals surface area contributed by atoms with Gasteiger partial charge in [0.05, 0.1) is 0 Å². The van der Waals surface area contributed by atoms with Crippen LogP contribution < -0.4 is 4.74 Å². The average Bonchev–Trinajstić information content (AvgIpc) is 3.03. The number of rotatable bonds is 7. The average molecular weight is 378 g/mol. The lowest BCUT2D eigenvalue weighted by molar-refractivity contribution is -0.156. The van der Waals surface area contributed by atoms with E-state index in [9.17, 15) is 9.90 Å². The number of carbonyl (C=O) groups is 1. The first-order valence-corrected chi connectivity index (χ1v) is 10.9. The van der Waals surface area contributed by atoms with E-state index in [1.165, 1.54) is 12.8 Å². The molecule has 0 spiro atoms. The zero-order chi connectivity index (χ0) is 18.6. The molecular formula is C21H31NO3S. The minimum absolute atomic E-state index is 0.571. The molecule has 2 aliphatic heterocycles. The minimum atomic E-state index is -1.06.